The van der Waals surface area contributed by atoms with Crippen LogP contribution >= 0.6 is 0 Å². The lowest BCUT2D eigenvalue weighted by Gasteiger charge is -2.18. The molecule has 0 aromatic carbocycles. The van der Waals surface area contributed by atoms with Gasteiger partial charge in [-0.3, -0.25) is 14.4 Å². The first-order chi connectivity index (χ1) is 30.5. The molecule has 348 valence electrons. The van der Waals surface area contributed by atoms with Crippen LogP contribution in [0.3, 0.4) is 0 Å². The third-order valence-electron chi connectivity index (χ3n) is 9.76. The van der Waals surface area contributed by atoms with E-state index < -0.39 is 6.10 Å². The van der Waals surface area contributed by atoms with Gasteiger partial charge in [-0.05, 0) is 109 Å². The van der Waals surface area contributed by atoms with Crippen LogP contribution in [0.4, 0.5) is 0 Å². The molecule has 6 heteroatoms. The van der Waals surface area contributed by atoms with Crippen molar-refractivity contribution >= 4 is 17.9 Å². The lowest BCUT2D eigenvalue weighted by molar-refractivity contribution is -0.167. The predicted octanol–water partition coefficient (Wildman–Crippen LogP) is 16.1. The molecule has 1 atom stereocenters. The number of carbonyl (C=O) groups is 3. The summed E-state index contributed by atoms with van der Waals surface area (Å²) in [6.07, 6.45) is 67.6. The Morgan fingerprint density at radius 1 is 0.355 bits per heavy atom. The normalized spacial score (nSPS) is 13.1. The maximum absolute atomic E-state index is 12.7. The first-order valence-electron chi connectivity index (χ1n) is 24.6. The van der Waals surface area contributed by atoms with Crippen molar-refractivity contribution in [3.63, 3.8) is 0 Å². The molecule has 0 aromatic heterocycles. The number of unbranched alkanes of at least 4 members (excludes halogenated alkanes) is 14. The van der Waals surface area contributed by atoms with Crippen LogP contribution in [-0.4, -0.2) is 37.2 Å². The van der Waals surface area contributed by atoms with Crippen molar-refractivity contribution in [2.45, 2.75) is 200 Å². The summed E-state index contributed by atoms with van der Waals surface area (Å²) in [6, 6.07) is 0. The van der Waals surface area contributed by atoms with E-state index in [1.54, 1.807) is 0 Å². The second-order valence-corrected chi connectivity index (χ2v) is 15.7. The highest BCUT2D eigenvalue weighted by molar-refractivity contribution is 5.71. The lowest BCUT2D eigenvalue weighted by atomic mass is 10.1. The zero-order valence-corrected chi connectivity index (χ0v) is 39.6. The smallest absolute Gasteiger partial charge is 0.306 e. The van der Waals surface area contributed by atoms with Gasteiger partial charge in [0.25, 0.3) is 0 Å². The van der Waals surface area contributed by atoms with E-state index in [-0.39, 0.29) is 37.5 Å². The molecule has 0 fully saturated rings. The Balaban J connectivity index is 4.53. The molecule has 0 bridgehead atoms. The number of hydrogen-bond donors (Lipinski definition) is 0. The van der Waals surface area contributed by atoms with Gasteiger partial charge in [0.15, 0.2) is 6.10 Å². The Hall–Kier alpha value is -4.19. The summed E-state index contributed by atoms with van der Waals surface area (Å²) in [5.41, 5.74) is 0. The van der Waals surface area contributed by atoms with Gasteiger partial charge in [0.2, 0.25) is 0 Å². The first kappa shape index (κ1) is 57.8. The fourth-order valence-corrected chi connectivity index (χ4v) is 6.07. The molecule has 0 heterocycles. The third-order valence-corrected chi connectivity index (χ3v) is 9.76. The molecule has 0 rings (SSSR count). The maximum atomic E-state index is 12.7. The molecule has 6 nitrogen and oxygen atoms in total. The number of esters is 3. The molecule has 0 aromatic rings. The van der Waals surface area contributed by atoms with Crippen LogP contribution in [0.15, 0.2) is 122 Å². The van der Waals surface area contributed by atoms with Crippen molar-refractivity contribution < 1.29 is 28.6 Å². The largest absolute Gasteiger partial charge is 0.462 e. The molecule has 1 unspecified atom stereocenters. The quantitative estimate of drug-likeness (QED) is 0.0200. The van der Waals surface area contributed by atoms with Crippen molar-refractivity contribution in [2.24, 2.45) is 0 Å². The fraction of sp³-hybridized carbons (Fsp3) is 0.589. The number of rotatable bonds is 42. The minimum Gasteiger partial charge on any atom is -0.462 e. The molecule has 0 radical (unpaired) electrons. The van der Waals surface area contributed by atoms with Gasteiger partial charge in [0, 0.05) is 19.3 Å². The Morgan fingerprint density at radius 2 is 0.710 bits per heavy atom. The minimum atomic E-state index is -0.831. The molecule has 0 saturated carbocycles. The van der Waals surface area contributed by atoms with E-state index in [2.05, 4.69) is 142 Å². The van der Waals surface area contributed by atoms with Gasteiger partial charge < -0.3 is 14.2 Å². The molecule has 0 amide bonds. The van der Waals surface area contributed by atoms with Crippen LogP contribution < -0.4 is 0 Å². The minimum absolute atomic E-state index is 0.126. The van der Waals surface area contributed by atoms with Crippen molar-refractivity contribution in [3.05, 3.63) is 122 Å². The summed E-state index contributed by atoms with van der Waals surface area (Å²) in [6.45, 7) is 6.32. The standard InChI is InChI=1S/C56H88O6/c1-4-7-10-13-16-19-21-23-25-27-29-30-32-34-37-40-43-46-49-55(58)61-52-53(51-60-54(57)48-45-42-39-36-18-15-12-9-6-3)62-56(59)50-47-44-41-38-35-33-31-28-26-24-22-20-17-14-11-8-5-2/h9,12,16-21,23-27,29-31,33,36,38,41,53H,4-8,10-11,13-15,22,28,32,34-35,37,39-40,42-52H2,1-3H3/b12-9-,19-16-,20-17-,23-21-,26-24-,27-25-,30-29-,33-31-,36-18-,41-38-. The van der Waals surface area contributed by atoms with E-state index >= 15 is 0 Å². The highest BCUT2D eigenvalue weighted by Gasteiger charge is 2.19. The molecule has 0 aliphatic carbocycles. The average molecular weight is 857 g/mol. The fourth-order valence-electron chi connectivity index (χ4n) is 6.07. The number of carbonyl (C=O) groups excluding carboxylic acids is 3. The Labute approximate surface area is 380 Å². The lowest BCUT2D eigenvalue weighted by Crippen LogP contribution is -2.30. The van der Waals surface area contributed by atoms with Crippen LogP contribution in [-0.2, 0) is 28.6 Å². The van der Waals surface area contributed by atoms with E-state index in [0.29, 0.717) is 25.7 Å². The topological polar surface area (TPSA) is 78.9 Å². The highest BCUT2D eigenvalue weighted by Crippen LogP contribution is 2.11. The van der Waals surface area contributed by atoms with Crippen molar-refractivity contribution in [2.75, 3.05) is 13.2 Å². The van der Waals surface area contributed by atoms with Gasteiger partial charge in [-0.15, -0.1) is 0 Å². The second-order valence-electron chi connectivity index (χ2n) is 15.7. The van der Waals surface area contributed by atoms with Gasteiger partial charge in [-0.25, -0.2) is 0 Å². The summed E-state index contributed by atoms with van der Waals surface area (Å²) in [4.78, 5) is 37.8. The van der Waals surface area contributed by atoms with E-state index in [1.165, 1.54) is 44.9 Å². The Bertz CT molecular complexity index is 1350. The van der Waals surface area contributed by atoms with Gasteiger partial charge >= 0.3 is 17.9 Å². The van der Waals surface area contributed by atoms with Gasteiger partial charge in [-0.1, -0.05) is 187 Å². The summed E-state index contributed by atoms with van der Waals surface area (Å²) in [7, 11) is 0. The van der Waals surface area contributed by atoms with Gasteiger partial charge in [0.1, 0.15) is 13.2 Å². The van der Waals surface area contributed by atoms with Crippen molar-refractivity contribution in [1.29, 1.82) is 0 Å². The van der Waals surface area contributed by atoms with E-state index in [1.807, 2.05) is 0 Å². The molecular formula is C56H88O6. The van der Waals surface area contributed by atoms with E-state index in [0.717, 1.165) is 96.3 Å². The summed E-state index contributed by atoms with van der Waals surface area (Å²) < 4.78 is 16.6. The Morgan fingerprint density at radius 3 is 1.21 bits per heavy atom. The first-order valence-corrected chi connectivity index (χ1v) is 24.6. The summed E-state index contributed by atoms with van der Waals surface area (Å²) in [5.74, 6) is -1.05. The average Bonchev–Trinajstić information content (AvgIpc) is 3.27. The van der Waals surface area contributed by atoms with Crippen LogP contribution in [0.2, 0.25) is 0 Å². The molecule has 0 spiro atoms. The monoisotopic (exact) mass is 857 g/mol. The van der Waals surface area contributed by atoms with Crippen LogP contribution in [0.5, 0.6) is 0 Å². The van der Waals surface area contributed by atoms with E-state index in [9.17, 15) is 14.4 Å². The zero-order chi connectivity index (χ0) is 45.1. The highest BCUT2D eigenvalue weighted by atomic mass is 16.6. The van der Waals surface area contributed by atoms with Crippen molar-refractivity contribution in [3.8, 4) is 0 Å². The van der Waals surface area contributed by atoms with Crippen LogP contribution in [0.25, 0.3) is 0 Å². The van der Waals surface area contributed by atoms with Gasteiger partial charge in [0.05, 0.1) is 0 Å². The number of allylic oxidation sites excluding steroid dienone is 20. The number of hydrogen-bond acceptors (Lipinski definition) is 6. The van der Waals surface area contributed by atoms with Gasteiger partial charge in [-0.2, -0.15) is 0 Å². The van der Waals surface area contributed by atoms with Crippen LogP contribution in [0.1, 0.15) is 194 Å². The zero-order valence-electron chi connectivity index (χ0n) is 39.6. The summed E-state index contributed by atoms with van der Waals surface area (Å²) >= 11 is 0. The molecule has 0 aliphatic rings. The molecule has 0 aliphatic heterocycles. The molecule has 0 saturated heterocycles. The Kier molecular flexibility index (Phi) is 46.1. The molecule has 0 N–H and O–H groups in total. The maximum Gasteiger partial charge on any atom is 0.306 e. The summed E-state index contributed by atoms with van der Waals surface area (Å²) in [5, 5.41) is 0. The van der Waals surface area contributed by atoms with Crippen molar-refractivity contribution in [1.82, 2.24) is 0 Å². The molecule has 62 heavy (non-hydrogen) atoms. The molecular weight excluding hydrogens is 769 g/mol. The predicted molar refractivity (Wildman–Crippen MR) is 265 cm³/mol. The SMILES string of the molecule is CC/C=C\C/C=C\CCCCC(=O)OCC(COC(=O)CCCCCCC\C=C/C=C\C=C/C=C\CCCCC)OC(=O)CCC/C=C\C/C=C\C/C=C\C/C=C\CCCCC. The van der Waals surface area contributed by atoms with Crippen LogP contribution in [0, 0.1) is 0 Å². The third kappa shape index (κ3) is 46.9. The van der Waals surface area contributed by atoms with E-state index in [4.69, 9.17) is 14.2 Å². The second kappa shape index (κ2) is 49.5. The number of ether oxygens (including phenoxy) is 3.